The number of fused-ring (bicyclic) bond motifs is 1. The van der Waals surface area contributed by atoms with Crippen molar-refractivity contribution in [2.75, 3.05) is 25.5 Å². The first-order valence-corrected chi connectivity index (χ1v) is 9.74. The van der Waals surface area contributed by atoms with Crippen molar-refractivity contribution in [3.05, 3.63) is 46.5 Å². The summed E-state index contributed by atoms with van der Waals surface area (Å²) in [5.74, 6) is 2.08. The Morgan fingerprint density at radius 1 is 1.25 bits per heavy atom. The summed E-state index contributed by atoms with van der Waals surface area (Å²) in [6.07, 6.45) is 3.98. The van der Waals surface area contributed by atoms with Gasteiger partial charge in [-0.15, -0.1) is 0 Å². The SMILES string of the molecule is COc1ccc(Nc2cc3c(cn2)n(C)c(=O)n3CC2CCNCC2)c(C)c1. The molecule has 2 N–H and O–H groups in total. The maximum Gasteiger partial charge on any atom is 0.328 e. The lowest BCUT2D eigenvalue weighted by Crippen LogP contribution is -2.32. The fraction of sp³-hybridized carbons (Fsp3) is 0.429. The van der Waals surface area contributed by atoms with Crippen LogP contribution < -0.4 is 21.1 Å². The van der Waals surface area contributed by atoms with E-state index in [-0.39, 0.29) is 5.69 Å². The van der Waals surface area contributed by atoms with E-state index in [0.717, 1.165) is 66.3 Å². The average molecular weight is 381 g/mol. The number of ether oxygens (including phenoxy) is 1. The standard InChI is InChI=1S/C21H27N5O2/c1-14-10-16(28-3)4-5-17(14)24-20-11-18-19(12-23-20)25(2)21(27)26(18)13-15-6-8-22-9-7-15/h4-5,10-12,15,22H,6-9,13H2,1-3H3,(H,23,24). The molecular weight excluding hydrogens is 354 g/mol. The zero-order valence-corrected chi connectivity index (χ0v) is 16.7. The summed E-state index contributed by atoms with van der Waals surface area (Å²) in [6.45, 7) is 4.83. The first kappa shape index (κ1) is 18.6. The van der Waals surface area contributed by atoms with Gasteiger partial charge >= 0.3 is 5.69 Å². The van der Waals surface area contributed by atoms with E-state index in [1.165, 1.54) is 0 Å². The molecule has 0 radical (unpaired) electrons. The van der Waals surface area contributed by atoms with Crippen molar-refractivity contribution in [3.63, 3.8) is 0 Å². The minimum absolute atomic E-state index is 0.0214. The van der Waals surface area contributed by atoms with Crippen molar-refractivity contribution >= 4 is 22.5 Å². The summed E-state index contributed by atoms with van der Waals surface area (Å²) in [5.41, 5.74) is 3.84. The van der Waals surface area contributed by atoms with Crippen molar-refractivity contribution in [3.8, 4) is 5.75 Å². The van der Waals surface area contributed by atoms with Crippen LogP contribution in [0.3, 0.4) is 0 Å². The van der Waals surface area contributed by atoms with Gasteiger partial charge in [0.25, 0.3) is 0 Å². The van der Waals surface area contributed by atoms with Crippen molar-refractivity contribution in [2.24, 2.45) is 13.0 Å². The maximum absolute atomic E-state index is 12.8. The molecule has 1 saturated heterocycles. The summed E-state index contributed by atoms with van der Waals surface area (Å²) in [7, 11) is 3.47. The lowest BCUT2D eigenvalue weighted by molar-refractivity contribution is 0.332. The Balaban J connectivity index is 1.67. The maximum atomic E-state index is 12.8. The monoisotopic (exact) mass is 381 g/mol. The summed E-state index contributed by atoms with van der Waals surface area (Å²) < 4.78 is 8.86. The fourth-order valence-corrected chi connectivity index (χ4v) is 3.91. The molecule has 0 amide bonds. The number of aryl methyl sites for hydroxylation is 2. The number of hydrogen-bond acceptors (Lipinski definition) is 5. The van der Waals surface area contributed by atoms with Gasteiger partial charge in [-0.2, -0.15) is 0 Å². The molecule has 1 aliphatic rings. The van der Waals surface area contributed by atoms with Gasteiger partial charge in [0.2, 0.25) is 0 Å². The Morgan fingerprint density at radius 2 is 2.04 bits per heavy atom. The number of nitrogens with one attached hydrogen (secondary N) is 2. The molecular formula is C21H27N5O2. The van der Waals surface area contributed by atoms with Gasteiger partial charge in [-0.1, -0.05) is 0 Å². The highest BCUT2D eigenvalue weighted by atomic mass is 16.5. The minimum atomic E-state index is 0.0214. The van der Waals surface area contributed by atoms with Crippen molar-refractivity contribution in [1.29, 1.82) is 0 Å². The number of pyridine rings is 1. The van der Waals surface area contributed by atoms with Crippen LogP contribution in [0.4, 0.5) is 11.5 Å². The molecule has 0 spiro atoms. The van der Waals surface area contributed by atoms with Gasteiger partial charge in [-0.3, -0.25) is 9.13 Å². The van der Waals surface area contributed by atoms with Gasteiger partial charge in [0.1, 0.15) is 11.6 Å². The highest BCUT2D eigenvalue weighted by Crippen LogP contribution is 2.26. The third-order valence-electron chi connectivity index (χ3n) is 5.63. The predicted octanol–water partition coefficient (Wildman–Crippen LogP) is 2.80. The molecule has 7 nitrogen and oxygen atoms in total. The van der Waals surface area contributed by atoms with Crippen molar-refractivity contribution in [2.45, 2.75) is 26.3 Å². The van der Waals surface area contributed by atoms with Crippen LogP contribution in [0.5, 0.6) is 5.75 Å². The molecule has 2 aromatic heterocycles. The summed E-state index contributed by atoms with van der Waals surface area (Å²) in [4.78, 5) is 17.3. The number of aromatic nitrogens is 3. The third kappa shape index (κ3) is 3.49. The van der Waals surface area contributed by atoms with E-state index in [1.807, 2.05) is 42.8 Å². The molecule has 148 valence electrons. The fourth-order valence-electron chi connectivity index (χ4n) is 3.91. The Hall–Kier alpha value is -2.80. The lowest BCUT2D eigenvalue weighted by Gasteiger charge is -2.22. The van der Waals surface area contributed by atoms with E-state index >= 15 is 0 Å². The third-order valence-corrected chi connectivity index (χ3v) is 5.63. The quantitative estimate of drug-likeness (QED) is 0.711. The van der Waals surface area contributed by atoms with Gasteiger partial charge in [0.15, 0.2) is 0 Å². The van der Waals surface area contributed by atoms with Crippen LogP contribution >= 0.6 is 0 Å². The van der Waals surface area contributed by atoms with E-state index < -0.39 is 0 Å². The smallest absolute Gasteiger partial charge is 0.328 e. The number of nitrogens with zero attached hydrogens (tertiary/aromatic N) is 3. The molecule has 0 aliphatic carbocycles. The Bertz CT molecular complexity index is 1050. The molecule has 0 unspecified atom stereocenters. The molecule has 0 bridgehead atoms. The van der Waals surface area contributed by atoms with E-state index in [4.69, 9.17) is 4.74 Å². The number of anilines is 2. The first-order chi connectivity index (χ1) is 13.6. The summed E-state index contributed by atoms with van der Waals surface area (Å²) in [6, 6.07) is 7.86. The predicted molar refractivity (Wildman–Crippen MR) is 112 cm³/mol. The molecule has 1 aliphatic heterocycles. The normalized spacial score (nSPS) is 15.1. The molecule has 0 saturated carbocycles. The van der Waals surface area contributed by atoms with Crippen LogP contribution in [0, 0.1) is 12.8 Å². The number of imidazole rings is 1. The molecule has 3 aromatic rings. The van der Waals surface area contributed by atoms with E-state index in [2.05, 4.69) is 15.6 Å². The van der Waals surface area contributed by atoms with Crippen LogP contribution in [0.1, 0.15) is 18.4 Å². The second kappa shape index (κ2) is 7.67. The van der Waals surface area contributed by atoms with E-state index in [9.17, 15) is 4.79 Å². The number of benzene rings is 1. The van der Waals surface area contributed by atoms with Crippen molar-refractivity contribution in [1.82, 2.24) is 19.4 Å². The Kier molecular flexibility index (Phi) is 5.09. The lowest BCUT2D eigenvalue weighted by atomic mass is 9.98. The van der Waals surface area contributed by atoms with Gasteiger partial charge in [0, 0.05) is 25.3 Å². The molecule has 1 aromatic carbocycles. The van der Waals surface area contributed by atoms with Crippen LogP contribution in [-0.4, -0.2) is 34.3 Å². The topological polar surface area (TPSA) is 73.1 Å². The number of hydrogen-bond donors (Lipinski definition) is 2. The first-order valence-electron chi connectivity index (χ1n) is 9.74. The van der Waals surface area contributed by atoms with Gasteiger partial charge < -0.3 is 15.4 Å². The molecule has 4 rings (SSSR count). The van der Waals surface area contributed by atoms with Crippen LogP contribution in [0.25, 0.3) is 11.0 Å². The second-order valence-electron chi connectivity index (χ2n) is 7.51. The molecule has 0 atom stereocenters. The summed E-state index contributed by atoms with van der Waals surface area (Å²) >= 11 is 0. The van der Waals surface area contributed by atoms with Gasteiger partial charge in [-0.25, -0.2) is 9.78 Å². The van der Waals surface area contributed by atoms with Crippen molar-refractivity contribution < 1.29 is 4.74 Å². The summed E-state index contributed by atoms with van der Waals surface area (Å²) in [5, 5.41) is 6.76. The Labute approximate surface area is 164 Å². The molecule has 3 heterocycles. The molecule has 1 fully saturated rings. The number of rotatable bonds is 5. The zero-order valence-electron chi connectivity index (χ0n) is 16.7. The highest BCUT2D eigenvalue weighted by molar-refractivity contribution is 5.79. The van der Waals surface area contributed by atoms with Gasteiger partial charge in [-0.05, 0) is 62.5 Å². The average Bonchev–Trinajstić information content (AvgIpc) is 2.95. The zero-order chi connectivity index (χ0) is 19.7. The number of piperidine rings is 1. The van der Waals surface area contributed by atoms with Gasteiger partial charge in [0.05, 0.1) is 24.3 Å². The highest BCUT2D eigenvalue weighted by Gasteiger charge is 2.18. The number of methoxy groups -OCH3 is 1. The largest absolute Gasteiger partial charge is 0.497 e. The van der Waals surface area contributed by atoms with E-state index in [1.54, 1.807) is 17.9 Å². The molecule has 28 heavy (non-hydrogen) atoms. The van der Waals surface area contributed by atoms with Crippen LogP contribution in [0.15, 0.2) is 35.3 Å². The Morgan fingerprint density at radius 3 is 2.75 bits per heavy atom. The second-order valence-corrected chi connectivity index (χ2v) is 7.51. The van der Waals surface area contributed by atoms with Crippen LogP contribution in [-0.2, 0) is 13.6 Å². The van der Waals surface area contributed by atoms with Crippen LogP contribution in [0.2, 0.25) is 0 Å². The van der Waals surface area contributed by atoms with E-state index in [0.29, 0.717) is 5.92 Å². The molecule has 7 heteroatoms. The minimum Gasteiger partial charge on any atom is -0.497 e.